The van der Waals surface area contributed by atoms with E-state index in [-0.39, 0.29) is 11.6 Å². The monoisotopic (exact) mass is 365 g/mol. The summed E-state index contributed by atoms with van der Waals surface area (Å²) in [4.78, 5) is 18.2. The van der Waals surface area contributed by atoms with Crippen molar-refractivity contribution in [3.63, 3.8) is 0 Å². The van der Waals surface area contributed by atoms with Gasteiger partial charge in [0.05, 0.1) is 18.2 Å². The smallest absolute Gasteiger partial charge is 0.287 e. The maximum atomic E-state index is 10.7. The predicted molar refractivity (Wildman–Crippen MR) is 99.4 cm³/mol. The standard InChI is InChI=1S/C18H15N5O4/c1-26-16-10-13(11-21-22-17-4-2-3-9-19-17)5-7-15(16)27-18-8-6-14(12-20-18)23(24)25/h2-12H,1H3,(H,19,22)/b21-11-. The molecular weight excluding hydrogens is 350 g/mol. The highest BCUT2D eigenvalue weighted by atomic mass is 16.6. The minimum Gasteiger partial charge on any atom is -0.493 e. The second-order valence-electron chi connectivity index (χ2n) is 5.21. The average molecular weight is 365 g/mol. The Labute approximate surface area is 154 Å². The van der Waals surface area contributed by atoms with Crippen LogP contribution >= 0.6 is 0 Å². The number of nitro groups is 1. The van der Waals surface area contributed by atoms with Crippen LogP contribution in [0.15, 0.2) is 66.0 Å². The van der Waals surface area contributed by atoms with Crippen LogP contribution in [-0.4, -0.2) is 28.2 Å². The SMILES string of the molecule is COc1cc(/C=N\Nc2ccccn2)ccc1Oc1ccc([N+](=O)[O-])cn1. The molecule has 0 aliphatic carbocycles. The first kappa shape index (κ1) is 17.8. The Morgan fingerprint density at radius 2 is 2.04 bits per heavy atom. The summed E-state index contributed by atoms with van der Waals surface area (Å²) >= 11 is 0. The van der Waals surface area contributed by atoms with Crippen LogP contribution in [0.1, 0.15) is 5.56 Å². The Morgan fingerprint density at radius 3 is 2.70 bits per heavy atom. The van der Waals surface area contributed by atoms with E-state index in [4.69, 9.17) is 9.47 Å². The number of hydrazone groups is 1. The quantitative estimate of drug-likeness (QED) is 0.386. The van der Waals surface area contributed by atoms with Crippen molar-refractivity contribution >= 4 is 17.7 Å². The lowest BCUT2D eigenvalue weighted by atomic mass is 10.2. The molecule has 0 amide bonds. The molecule has 3 aromatic rings. The number of hydrogen-bond acceptors (Lipinski definition) is 8. The van der Waals surface area contributed by atoms with Gasteiger partial charge in [-0.1, -0.05) is 6.07 Å². The van der Waals surface area contributed by atoms with E-state index >= 15 is 0 Å². The zero-order valence-electron chi connectivity index (χ0n) is 14.3. The molecule has 9 heteroatoms. The Bertz CT molecular complexity index is 946. The van der Waals surface area contributed by atoms with Gasteiger partial charge in [-0.2, -0.15) is 5.10 Å². The van der Waals surface area contributed by atoms with Gasteiger partial charge in [0.25, 0.3) is 5.69 Å². The Balaban J connectivity index is 1.71. The van der Waals surface area contributed by atoms with Crippen molar-refractivity contribution in [2.75, 3.05) is 12.5 Å². The number of benzene rings is 1. The second-order valence-corrected chi connectivity index (χ2v) is 5.21. The van der Waals surface area contributed by atoms with Crippen molar-refractivity contribution in [1.29, 1.82) is 0 Å². The van der Waals surface area contributed by atoms with E-state index in [1.807, 2.05) is 12.1 Å². The maximum absolute atomic E-state index is 10.7. The average Bonchev–Trinajstić information content (AvgIpc) is 2.70. The number of anilines is 1. The zero-order valence-corrected chi connectivity index (χ0v) is 14.3. The first-order chi connectivity index (χ1) is 13.2. The second kappa shape index (κ2) is 8.39. The lowest BCUT2D eigenvalue weighted by molar-refractivity contribution is -0.385. The molecule has 0 spiro atoms. The van der Waals surface area contributed by atoms with Crippen molar-refractivity contribution in [2.45, 2.75) is 0 Å². The predicted octanol–water partition coefficient (Wildman–Crippen LogP) is 3.63. The van der Waals surface area contributed by atoms with Gasteiger partial charge in [0, 0.05) is 18.3 Å². The maximum Gasteiger partial charge on any atom is 0.287 e. The van der Waals surface area contributed by atoms with Gasteiger partial charge >= 0.3 is 0 Å². The molecule has 0 bridgehead atoms. The number of hydrogen-bond donors (Lipinski definition) is 1. The molecule has 3 rings (SSSR count). The molecule has 0 aliphatic heterocycles. The van der Waals surface area contributed by atoms with Gasteiger partial charge in [-0.3, -0.25) is 15.5 Å². The van der Waals surface area contributed by atoms with E-state index in [1.165, 1.54) is 19.2 Å². The number of methoxy groups -OCH3 is 1. The Kier molecular flexibility index (Phi) is 5.53. The number of ether oxygens (including phenoxy) is 2. The third-order valence-electron chi connectivity index (χ3n) is 3.39. The fraction of sp³-hybridized carbons (Fsp3) is 0.0556. The van der Waals surface area contributed by atoms with Crippen molar-refractivity contribution in [2.24, 2.45) is 5.10 Å². The molecule has 0 fully saturated rings. The number of nitrogens with zero attached hydrogens (tertiary/aromatic N) is 4. The summed E-state index contributed by atoms with van der Waals surface area (Å²) in [5.41, 5.74) is 3.49. The van der Waals surface area contributed by atoms with Crippen LogP contribution in [0.2, 0.25) is 0 Å². The van der Waals surface area contributed by atoms with Gasteiger partial charge in [0.2, 0.25) is 5.88 Å². The van der Waals surface area contributed by atoms with Gasteiger partial charge in [0.1, 0.15) is 12.0 Å². The minimum absolute atomic E-state index is 0.110. The van der Waals surface area contributed by atoms with E-state index in [1.54, 1.807) is 36.7 Å². The molecule has 0 saturated heterocycles. The van der Waals surface area contributed by atoms with Crippen LogP contribution in [0.5, 0.6) is 17.4 Å². The van der Waals surface area contributed by atoms with Crippen molar-refractivity contribution in [1.82, 2.24) is 9.97 Å². The number of aromatic nitrogens is 2. The molecule has 136 valence electrons. The van der Waals surface area contributed by atoms with Gasteiger partial charge in [-0.15, -0.1) is 0 Å². The first-order valence-corrected chi connectivity index (χ1v) is 7.82. The van der Waals surface area contributed by atoms with E-state index in [9.17, 15) is 10.1 Å². The summed E-state index contributed by atoms with van der Waals surface area (Å²) in [6, 6.07) is 13.4. The Hall–Kier alpha value is -4.01. The summed E-state index contributed by atoms with van der Waals surface area (Å²) in [6.07, 6.45) is 4.41. The van der Waals surface area contributed by atoms with Crippen molar-refractivity contribution in [3.05, 3.63) is 76.6 Å². The highest BCUT2D eigenvalue weighted by Crippen LogP contribution is 2.31. The molecular formula is C18H15N5O4. The van der Waals surface area contributed by atoms with E-state index in [0.29, 0.717) is 17.3 Å². The number of nitrogens with one attached hydrogen (secondary N) is 1. The molecule has 27 heavy (non-hydrogen) atoms. The summed E-state index contributed by atoms with van der Waals surface area (Å²) in [6.45, 7) is 0. The third-order valence-corrected chi connectivity index (χ3v) is 3.39. The molecule has 2 aromatic heterocycles. The van der Waals surface area contributed by atoms with Crippen LogP contribution in [0.3, 0.4) is 0 Å². The van der Waals surface area contributed by atoms with Crippen LogP contribution in [0.4, 0.5) is 11.5 Å². The lowest BCUT2D eigenvalue weighted by Crippen LogP contribution is -1.96. The molecule has 9 nitrogen and oxygen atoms in total. The van der Waals surface area contributed by atoms with Gasteiger partial charge < -0.3 is 9.47 Å². The highest BCUT2D eigenvalue weighted by Gasteiger charge is 2.10. The van der Waals surface area contributed by atoms with Crippen molar-refractivity contribution in [3.8, 4) is 17.4 Å². The topological polar surface area (TPSA) is 112 Å². The summed E-state index contributed by atoms with van der Waals surface area (Å²) in [5.74, 6) is 1.74. The molecule has 0 aliphatic rings. The normalized spacial score (nSPS) is 10.6. The Morgan fingerprint density at radius 1 is 1.15 bits per heavy atom. The third kappa shape index (κ3) is 4.75. The van der Waals surface area contributed by atoms with Gasteiger partial charge in [-0.25, -0.2) is 9.97 Å². The lowest BCUT2D eigenvalue weighted by Gasteiger charge is -2.10. The van der Waals surface area contributed by atoms with Crippen LogP contribution in [0, 0.1) is 10.1 Å². The molecule has 0 radical (unpaired) electrons. The summed E-state index contributed by atoms with van der Waals surface area (Å²) in [7, 11) is 1.51. The van der Waals surface area contributed by atoms with E-state index in [0.717, 1.165) is 11.8 Å². The fourth-order valence-corrected chi connectivity index (χ4v) is 2.10. The van der Waals surface area contributed by atoms with Crippen LogP contribution in [0.25, 0.3) is 0 Å². The number of rotatable bonds is 7. The molecule has 1 aromatic carbocycles. The van der Waals surface area contributed by atoms with E-state index < -0.39 is 4.92 Å². The van der Waals surface area contributed by atoms with Crippen LogP contribution < -0.4 is 14.9 Å². The summed E-state index contributed by atoms with van der Waals surface area (Å²) < 4.78 is 11.0. The number of pyridine rings is 2. The van der Waals surface area contributed by atoms with Gasteiger partial charge in [-0.05, 0) is 35.9 Å². The van der Waals surface area contributed by atoms with Crippen LogP contribution in [-0.2, 0) is 0 Å². The molecule has 2 heterocycles. The molecule has 0 saturated carbocycles. The fourth-order valence-electron chi connectivity index (χ4n) is 2.10. The first-order valence-electron chi connectivity index (χ1n) is 7.82. The molecule has 1 N–H and O–H groups in total. The van der Waals surface area contributed by atoms with Crippen molar-refractivity contribution < 1.29 is 14.4 Å². The molecule has 0 atom stereocenters. The minimum atomic E-state index is -0.523. The molecule has 0 unspecified atom stereocenters. The zero-order chi connectivity index (χ0) is 19.1. The van der Waals surface area contributed by atoms with E-state index in [2.05, 4.69) is 20.5 Å². The summed E-state index contributed by atoms with van der Waals surface area (Å²) in [5, 5.41) is 14.8. The van der Waals surface area contributed by atoms with Gasteiger partial charge in [0.15, 0.2) is 11.5 Å². The largest absolute Gasteiger partial charge is 0.493 e. The highest BCUT2D eigenvalue weighted by molar-refractivity contribution is 5.81.